The number of ether oxygens (including phenoxy) is 1. The molecule has 2 aliphatic rings. The highest BCUT2D eigenvalue weighted by Crippen LogP contribution is 2.58. The average Bonchev–Trinajstić information content (AvgIpc) is 2.79. The second-order valence-corrected chi connectivity index (χ2v) is 8.55. The van der Waals surface area contributed by atoms with E-state index in [4.69, 9.17) is 4.74 Å². The smallest absolute Gasteiger partial charge is 0.338 e. The van der Waals surface area contributed by atoms with E-state index in [9.17, 15) is 9.90 Å². The van der Waals surface area contributed by atoms with Crippen LogP contribution < -0.4 is 0 Å². The third-order valence-electron chi connectivity index (χ3n) is 6.47. The van der Waals surface area contributed by atoms with Crippen molar-refractivity contribution in [1.82, 2.24) is 0 Å². The molecule has 3 heteroatoms. The fourth-order valence-electron chi connectivity index (χ4n) is 4.86. The molecule has 1 saturated carbocycles. The molecule has 3 rings (SSSR count). The van der Waals surface area contributed by atoms with Gasteiger partial charge in [0, 0.05) is 12.3 Å². The number of benzene rings is 1. The Labute approximate surface area is 151 Å². The van der Waals surface area contributed by atoms with Gasteiger partial charge in [0.05, 0.1) is 11.2 Å². The summed E-state index contributed by atoms with van der Waals surface area (Å²) in [6.45, 7) is 8.50. The number of carbonyl (C=O) groups excluding carboxylic acids is 1. The van der Waals surface area contributed by atoms with Crippen molar-refractivity contribution >= 4 is 5.97 Å². The molecule has 0 aromatic heterocycles. The Morgan fingerprint density at radius 1 is 1.24 bits per heavy atom. The lowest BCUT2D eigenvalue weighted by Crippen LogP contribution is -2.50. The molecule has 0 radical (unpaired) electrons. The van der Waals surface area contributed by atoms with E-state index in [1.165, 1.54) is 5.57 Å². The molecular weight excluding hydrogens is 312 g/mol. The number of esters is 1. The lowest BCUT2D eigenvalue weighted by Gasteiger charge is -2.43. The average molecular weight is 342 g/mol. The molecule has 136 valence electrons. The number of hydrogen-bond acceptors (Lipinski definition) is 3. The molecule has 4 atom stereocenters. The number of allylic oxidation sites excluding steroid dienone is 1. The summed E-state index contributed by atoms with van der Waals surface area (Å²) in [5, 5.41) is 11.5. The maximum Gasteiger partial charge on any atom is 0.338 e. The van der Waals surface area contributed by atoms with Crippen molar-refractivity contribution in [2.75, 3.05) is 0 Å². The van der Waals surface area contributed by atoms with Crippen molar-refractivity contribution in [2.45, 2.75) is 65.1 Å². The van der Waals surface area contributed by atoms with Crippen LogP contribution in [0.3, 0.4) is 0 Å². The molecule has 1 aromatic carbocycles. The molecule has 1 aromatic rings. The van der Waals surface area contributed by atoms with Gasteiger partial charge in [-0.1, -0.05) is 50.6 Å². The third-order valence-corrected chi connectivity index (χ3v) is 6.47. The van der Waals surface area contributed by atoms with Crippen molar-refractivity contribution in [1.29, 1.82) is 0 Å². The van der Waals surface area contributed by atoms with Gasteiger partial charge in [0.2, 0.25) is 0 Å². The van der Waals surface area contributed by atoms with Gasteiger partial charge in [-0.2, -0.15) is 0 Å². The van der Waals surface area contributed by atoms with Crippen LogP contribution in [0.25, 0.3) is 0 Å². The zero-order valence-corrected chi connectivity index (χ0v) is 15.8. The molecule has 0 heterocycles. The lowest BCUT2D eigenvalue weighted by molar-refractivity contribution is -0.112. The van der Waals surface area contributed by atoms with Crippen LogP contribution in [0, 0.1) is 17.3 Å². The van der Waals surface area contributed by atoms with Crippen LogP contribution in [0.2, 0.25) is 0 Å². The van der Waals surface area contributed by atoms with Gasteiger partial charge in [-0.25, -0.2) is 4.79 Å². The fourth-order valence-corrected chi connectivity index (χ4v) is 4.86. The quantitative estimate of drug-likeness (QED) is 0.636. The highest BCUT2D eigenvalue weighted by atomic mass is 16.5. The first kappa shape index (κ1) is 18.2. The van der Waals surface area contributed by atoms with E-state index in [1.807, 2.05) is 18.2 Å². The molecular formula is C22H30O3. The predicted octanol–water partition coefficient (Wildman–Crippen LogP) is 4.76. The summed E-state index contributed by atoms with van der Waals surface area (Å²) in [6.07, 6.45) is 5.38. The lowest BCUT2D eigenvalue weighted by atomic mass is 9.67. The summed E-state index contributed by atoms with van der Waals surface area (Å²) in [7, 11) is 0. The number of hydrogen-bond donors (Lipinski definition) is 1. The second-order valence-electron chi connectivity index (χ2n) is 8.55. The minimum Gasteiger partial charge on any atom is -0.458 e. The number of aliphatic hydroxyl groups is 1. The van der Waals surface area contributed by atoms with Crippen molar-refractivity contribution < 1.29 is 14.6 Å². The van der Waals surface area contributed by atoms with Gasteiger partial charge in [-0.15, -0.1) is 0 Å². The number of fused-ring (bicyclic) bond motifs is 1. The van der Waals surface area contributed by atoms with E-state index in [0.29, 0.717) is 12.0 Å². The van der Waals surface area contributed by atoms with Crippen LogP contribution in [-0.2, 0) is 4.74 Å². The Balaban J connectivity index is 1.94. The maximum atomic E-state index is 12.7. The predicted molar refractivity (Wildman–Crippen MR) is 99.3 cm³/mol. The topological polar surface area (TPSA) is 46.5 Å². The van der Waals surface area contributed by atoms with E-state index >= 15 is 0 Å². The molecule has 0 amide bonds. The molecule has 0 unspecified atom stereocenters. The van der Waals surface area contributed by atoms with E-state index in [2.05, 4.69) is 33.8 Å². The molecule has 1 fully saturated rings. The highest BCUT2D eigenvalue weighted by Gasteiger charge is 2.59. The van der Waals surface area contributed by atoms with Gasteiger partial charge in [-0.3, -0.25) is 0 Å². The summed E-state index contributed by atoms with van der Waals surface area (Å²) in [6, 6.07) is 9.15. The van der Waals surface area contributed by atoms with Crippen molar-refractivity contribution in [2.24, 2.45) is 17.3 Å². The van der Waals surface area contributed by atoms with Crippen LogP contribution in [-0.4, -0.2) is 22.8 Å². The molecule has 2 aliphatic carbocycles. The summed E-state index contributed by atoms with van der Waals surface area (Å²) in [4.78, 5) is 12.7. The Bertz CT molecular complexity index is 663. The summed E-state index contributed by atoms with van der Waals surface area (Å²) < 4.78 is 6.01. The Hall–Kier alpha value is -1.61. The SMILES string of the molecule is CC1=CC[C@@]2(C)CC[C@@](O)(C(C)C)[C@@H]2[C@@H](OC(=O)c2ccccc2)C1. The normalized spacial score (nSPS) is 35.0. The van der Waals surface area contributed by atoms with Crippen molar-refractivity contribution in [3.63, 3.8) is 0 Å². The first-order valence-corrected chi connectivity index (χ1v) is 9.40. The molecule has 0 bridgehead atoms. The number of rotatable bonds is 3. The zero-order chi connectivity index (χ0) is 18.2. The number of carbonyl (C=O) groups is 1. The summed E-state index contributed by atoms with van der Waals surface area (Å²) in [5.41, 5.74) is 1.00. The standard InChI is InChI=1S/C22H30O3/c1-15(2)22(24)13-12-21(4)11-10-16(3)14-18(19(21)22)25-20(23)17-8-6-5-7-9-17/h5-10,15,18-19,24H,11-14H2,1-4H3/t18-,19+,21-,22+/m0/s1. The molecule has 0 saturated heterocycles. The molecule has 0 aliphatic heterocycles. The largest absolute Gasteiger partial charge is 0.458 e. The monoisotopic (exact) mass is 342 g/mol. The minimum absolute atomic E-state index is 0.0294. The Kier molecular flexibility index (Phi) is 4.80. The van der Waals surface area contributed by atoms with Gasteiger partial charge in [0.25, 0.3) is 0 Å². The van der Waals surface area contributed by atoms with E-state index < -0.39 is 5.60 Å². The zero-order valence-electron chi connectivity index (χ0n) is 15.8. The summed E-state index contributed by atoms with van der Waals surface area (Å²) >= 11 is 0. The van der Waals surface area contributed by atoms with Crippen LogP contribution in [0.15, 0.2) is 42.0 Å². The Morgan fingerprint density at radius 2 is 1.92 bits per heavy atom. The van der Waals surface area contributed by atoms with Crippen LogP contribution >= 0.6 is 0 Å². The molecule has 1 N–H and O–H groups in total. The van der Waals surface area contributed by atoms with Crippen molar-refractivity contribution in [3.05, 3.63) is 47.5 Å². The van der Waals surface area contributed by atoms with Gasteiger partial charge in [-0.05, 0) is 49.7 Å². The van der Waals surface area contributed by atoms with E-state index in [1.54, 1.807) is 12.1 Å². The molecule has 0 spiro atoms. The van der Waals surface area contributed by atoms with Crippen LogP contribution in [0.1, 0.15) is 63.7 Å². The Morgan fingerprint density at radius 3 is 2.56 bits per heavy atom. The summed E-state index contributed by atoms with van der Waals surface area (Å²) in [5.74, 6) is -0.197. The van der Waals surface area contributed by atoms with E-state index in [0.717, 1.165) is 19.3 Å². The highest BCUT2D eigenvalue weighted by molar-refractivity contribution is 5.89. The minimum atomic E-state index is -0.783. The fraction of sp³-hybridized carbons (Fsp3) is 0.591. The second kappa shape index (κ2) is 6.60. The van der Waals surface area contributed by atoms with E-state index in [-0.39, 0.29) is 29.3 Å². The third kappa shape index (κ3) is 3.27. The van der Waals surface area contributed by atoms with Crippen molar-refractivity contribution in [3.8, 4) is 0 Å². The first-order chi connectivity index (χ1) is 11.8. The molecule has 3 nitrogen and oxygen atoms in total. The maximum absolute atomic E-state index is 12.7. The van der Waals surface area contributed by atoms with Gasteiger partial charge >= 0.3 is 5.97 Å². The van der Waals surface area contributed by atoms with Gasteiger partial charge in [0.1, 0.15) is 6.10 Å². The van der Waals surface area contributed by atoms with Crippen LogP contribution in [0.5, 0.6) is 0 Å². The van der Waals surface area contributed by atoms with Gasteiger partial charge in [0.15, 0.2) is 0 Å². The van der Waals surface area contributed by atoms with Gasteiger partial charge < -0.3 is 9.84 Å². The molecule has 25 heavy (non-hydrogen) atoms. The van der Waals surface area contributed by atoms with Crippen LogP contribution in [0.4, 0.5) is 0 Å². The first-order valence-electron chi connectivity index (χ1n) is 9.40.